The molecule has 9 heteroatoms. The van der Waals surface area contributed by atoms with E-state index in [-0.39, 0.29) is 12.3 Å². The van der Waals surface area contributed by atoms with Gasteiger partial charge in [-0.15, -0.1) is 0 Å². The lowest BCUT2D eigenvalue weighted by molar-refractivity contribution is -0.136. The fourth-order valence-electron chi connectivity index (χ4n) is 4.78. The standard InChI is InChI=1S/C31H36N4O5/c1-35(2)31-25(20-30(37)38)26(18-22-14-16-40-17-15-22)33-28(34-31)19-21-8-11-24(12-9-21)32-29(36)13-10-23-6-4-5-7-27(23)39-3/h4-13,22H,14-20H2,1-3H3,(H,32,36)(H,37,38). The van der Waals surface area contributed by atoms with E-state index in [1.54, 1.807) is 13.2 Å². The summed E-state index contributed by atoms with van der Waals surface area (Å²) in [4.78, 5) is 35.6. The average Bonchev–Trinajstić information content (AvgIpc) is 2.94. The van der Waals surface area contributed by atoms with Gasteiger partial charge in [-0.3, -0.25) is 9.59 Å². The van der Waals surface area contributed by atoms with Crippen molar-refractivity contribution in [3.05, 3.63) is 82.8 Å². The van der Waals surface area contributed by atoms with Crippen molar-refractivity contribution in [3.63, 3.8) is 0 Å². The van der Waals surface area contributed by atoms with E-state index in [9.17, 15) is 14.7 Å². The number of carbonyl (C=O) groups is 2. The molecule has 2 aromatic carbocycles. The SMILES string of the molecule is COc1ccccc1C=CC(=O)Nc1ccc(Cc2nc(CC3CCOCC3)c(CC(=O)O)c(N(C)C)n2)cc1. The zero-order valence-electron chi connectivity index (χ0n) is 23.2. The van der Waals surface area contributed by atoms with Crippen molar-refractivity contribution in [2.75, 3.05) is 44.6 Å². The Morgan fingerprint density at radius 1 is 1.10 bits per heavy atom. The highest BCUT2D eigenvalue weighted by Crippen LogP contribution is 2.27. The van der Waals surface area contributed by atoms with E-state index in [1.165, 1.54) is 6.08 Å². The number of carboxylic acids is 1. The van der Waals surface area contributed by atoms with Crippen LogP contribution in [0.15, 0.2) is 54.6 Å². The van der Waals surface area contributed by atoms with Crippen molar-refractivity contribution in [2.45, 2.75) is 32.1 Å². The maximum atomic E-state index is 12.5. The normalized spacial score (nSPS) is 13.8. The summed E-state index contributed by atoms with van der Waals surface area (Å²) in [6, 6.07) is 15.0. The van der Waals surface area contributed by atoms with Crippen molar-refractivity contribution in [1.82, 2.24) is 9.97 Å². The molecule has 1 aromatic heterocycles. The molecular formula is C31H36N4O5. The van der Waals surface area contributed by atoms with E-state index in [2.05, 4.69) is 5.32 Å². The number of rotatable bonds is 11. The molecule has 1 fully saturated rings. The molecule has 2 N–H and O–H groups in total. The molecule has 0 radical (unpaired) electrons. The minimum absolute atomic E-state index is 0.119. The van der Waals surface area contributed by atoms with Crippen LogP contribution in [0, 0.1) is 5.92 Å². The number of hydrogen-bond acceptors (Lipinski definition) is 7. The maximum absolute atomic E-state index is 12.5. The Kier molecular flexibility index (Phi) is 9.86. The van der Waals surface area contributed by atoms with Gasteiger partial charge in [-0.05, 0) is 55.0 Å². The summed E-state index contributed by atoms with van der Waals surface area (Å²) < 4.78 is 10.8. The van der Waals surface area contributed by atoms with Crippen LogP contribution in [0.3, 0.4) is 0 Å². The summed E-state index contributed by atoms with van der Waals surface area (Å²) >= 11 is 0. The molecule has 1 amide bonds. The van der Waals surface area contributed by atoms with Gasteiger partial charge in [0.25, 0.3) is 0 Å². The number of hydrogen-bond donors (Lipinski definition) is 2. The summed E-state index contributed by atoms with van der Waals surface area (Å²) in [5.41, 5.74) is 3.94. The lowest BCUT2D eigenvalue weighted by Crippen LogP contribution is -2.23. The van der Waals surface area contributed by atoms with E-state index in [0.29, 0.717) is 47.4 Å². The quantitative estimate of drug-likeness (QED) is 0.342. The lowest BCUT2D eigenvalue weighted by Gasteiger charge is -2.24. The molecule has 2 heterocycles. The molecule has 0 spiro atoms. The monoisotopic (exact) mass is 544 g/mol. The fraction of sp³-hybridized carbons (Fsp3) is 0.355. The fourth-order valence-corrected chi connectivity index (χ4v) is 4.78. The van der Waals surface area contributed by atoms with Gasteiger partial charge < -0.3 is 24.8 Å². The minimum atomic E-state index is -0.900. The highest BCUT2D eigenvalue weighted by molar-refractivity contribution is 6.02. The number of nitrogens with zero attached hydrogens (tertiary/aromatic N) is 3. The molecule has 0 atom stereocenters. The van der Waals surface area contributed by atoms with Gasteiger partial charge in [0.1, 0.15) is 17.4 Å². The number of aliphatic carboxylic acids is 1. The van der Waals surface area contributed by atoms with Gasteiger partial charge in [-0.2, -0.15) is 0 Å². The summed E-state index contributed by atoms with van der Waals surface area (Å²) in [7, 11) is 5.34. The molecule has 9 nitrogen and oxygen atoms in total. The van der Waals surface area contributed by atoms with Crippen LogP contribution in [0.1, 0.15) is 41.1 Å². The third-order valence-corrected chi connectivity index (χ3v) is 6.83. The Balaban J connectivity index is 1.49. The van der Waals surface area contributed by atoms with Crippen LogP contribution in [0.25, 0.3) is 6.08 Å². The predicted octanol–water partition coefficient (Wildman–Crippen LogP) is 4.39. The first-order valence-corrected chi connectivity index (χ1v) is 13.4. The number of ether oxygens (including phenoxy) is 2. The van der Waals surface area contributed by atoms with Gasteiger partial charge in [0.05, 0.1) is 19.2 Å². The van der Waals surface area contributed by atoms with Gasteiger partial charge in [0.15, 0.2) is 0 Å². The van der Waals surface area contributed by atoms with Gasteiger partial charge in [-0.1, -0.05) is 30.3 Å². The Bertz CT molecular complexity index is 1350. The van der Waals surface area contributed by atoms with Crippen molar-refractivity contribution >= 4 is 29.5 Å². The summed E-state index contributed by atoms with van der Waals surface area (Å²) in [5.74, 6) is 1.23. The summed E-state index contributed by atoms with van der Waals surface area (Å²) in [6.45, 7) is 1.44. The molecule has 210 valence electrons. The average molecular weight is 545 g/mol. The largest absolute Gasteiger partial charge is 0.496 e. The number of benzene rings is 2. The van der Waals surface area contributed by atoms with E-state index >= 15 is 0 Å². The van der Waals surface area contributed by atoms with Gasteiger partial charge in [-0.25, -0.2) is 9.97 Å². The van der Waals surface area contributed by atoms with E-state index in [0.717, 1.165) is 42.9 Å². The topological polar surface area (TPSA) is 114 Å². The number of methoxy groups -OCH3 is 1. The molecular weight excluding hydrogens is 508 g/mol. The Hall–Kier alpha value is -4.24. The number of aromatic nitrogens is 2. The molecule has 0 aliphatic carbocycles. The Morgan fingerprint density at radius 3 is 2.50 bits per heavy atom. The third kappa shape index (κ3) is 7.89. The molecule has 0 unspecified atom stereocenters. The van der Waals surface area contributed by atoms with Crippen LogP contribution in [0.5, 0.6) is 5.75 Å². The van der Waals surface area contributed by atoms with Gasteiger partial charge >= 0.3 is 5.97 Å². The number of carboxylic acid groups (broad SMARTS) is 1. The molecule has 1 aliphatic heterocycles. The second kappa shape index (κ2) is 13.7. The van der Waals surface area contributed by atoms with Gasteiger partial charge in [0.2, 0.25) is 5.91 Å². The highest BCUT2D eigenvalue weighted by atomic mass is 16.5. The number of anilines is 2. The van der Waals surface area contributed by atoms with Crippen molar-refractivity contribution in [3.8, 4) is 5.75 Å². The number of nitrogens with one attached hydrogen (secondary N) is 1. The molecule has 0 saturated carbocycles. The zero-order chi connectivity index (χ0) is 28.5. The highest BCUT2D eigenvalue weighted by Gasteiger charge is 2.23. The number of carbonyl (C=O) groups excluding carboxylic acids is 1. The van der Waals surface area contributed by atoms with Crippen LogP contribution in [0.4, 0.5) is 11.5 Å². The number of para-hydroxylation sites is 1. The minimum Gasteiger partial charge on any atom is -0.496 e. The van der Waals surface area contributed by atoms with Crippen LogP contribution in [0.2, 0.25) is 0 Å². The van der Waals surface area contributed by atoms with E-state index < -0.39 is 5.97 Å². The second-order valence-corrected chi connectivity index (χ2v) is 10.1. The van der Waals surface area contributed by atoms with Crippen molar-refractivity contribution in [1.29, 1.82) is 0 Å². The summed E-state index contributed by atoms with van der Waals surface area (Å²) in [6.07, 6.45) is 6.13. The van der Waals surface area contributed by atoms with E-state index in [4.69, 9.17) is 19.4 Å². The van der Waals surface area contributed by atoms with Crippen LogP contribution in [-0.2, 0) is 33.6 Å². The smallest absolute Gasteiger partial charge is 0.308 e. The Labute approximate surface area is 234 Å². The second-order valence-electron chi connectivity index (χ2n) is 10.1. The molecule has 0 bridgehead atoms. The molecule has 3 aromatic rings. The predicted molar refractivity (Wildman–Crippen MR) is 155 cm³/mol. The van der Waals surface area contributed by atoms with Crippen LogP contribution >= 0.6 is 0 Å². The Morgan fingerprint density at radius 2 is 1.82 bits per heavy atom. The first-order valence-electron chi connectivity index (χ1n) is 13.4. The third-order valence-electron chi connectivity index (χ3n) is 6.83. The molecule has 1 aliphatic rings. The first-order chi connectivity index (χ1) is 19.3. The van der Waals surface area contributed by atoms with Crippen LogP contribution < -0.4 is 15.0 Å². The first kappa shape index (κ1) is 28.8. The molecule has 4 rings (SSSR count). The lowest BCUT2D eigenvalue weighted by atomic mass is 9.92. The van der Waals surface area contributed by atoms with E-state index in [1.807, 2.05) is 67.5 Å². The molecule has 1 saturated heterocycles. The van der Waals surface area contributed by atoms with Crippen LogP contribution in [-0.4, -0.2) is 61.4 Å². The number of amides is 1. The maximum Gasteiger partial charge on any atom is 0.308 e. The van der Waals surface area contributed by atoms with Gasteiger partial charge in [0, 0.05) is 56.6 Å². The van der Waals surface area contributed by atoms with Crippen molar-refractivity contribution < 1.29 is 24.2 Å². The van der Waals surface area contributed by atoms with Crippen molar-refractivity contribution in [2.24, 2.45) is 5.92 Å². The zero-order valence-corrected chi connectivity index (χ0v) is 23.2. The summed E-state index contributed by atoms with van der Waals surface area (Å²) in [5, 5.41) is 12.5. The molecule has 40 heavy (non-hydrogen) atoms.